The molecule has 2 aromatic carbocycles. The summed E-state index contributed by atoms with van der Waals surface area (Å²) in [5.74, 6) is 0.0262. The Bertz CT molecular complexity index is 1030. The summed E-state index contributed by atoms with van der Waals surface area (Å²) in [6.07, 6.45) is 2.09. The Kier molecular flexibility index (Phi) is 7.09. The van der Waals surface area contributed by atoms with Gasteiger partial charge in [0.05, 0.1) is 18.0 Å². The van der Waals surface area contributed by atoms with Crippen LogP contribution in [0.2, 0.25) is 0 Å². The number of hydrogen-bond donors (Lipinski definition) is 2. The normalized spacial score (nSPS) is 15.8. The molecule has 166 valence electrons. The Labute approximate surface area is 187 Å². The Morgan fingerprint density at radius 2 is 1.88 bits per heavy atom. The van der Waals surface area contributed by atoms with Gasteiger partial charge in [-0.15, -0.1) is 0 Å². The fraction of sp³-hybridized carbons (Fsp3) is 0.280. The molecule has 1 atom stereocenters. The molecule has 0 aliphatic carbocycles. The van der Waals surface area contributed by atoms with Gasteiger partial charge in [0.25, 0.3) is 5.91 Å². The van der Waals surface area contributed by atoms with Gasteiger partial charge in [0.2, 0.25) is 0 Å². The number of β-amino-alcohol motifs (C(OH)–C–C–N with tert-alkyl or cyclic N) is 1. The molecule has 1 amide bonds. The Hall–Kier alpha value is -3.29. The van der Waals surface area contributed by atoms with E-state index in [1.165, 1.54) is 18.2 Å². The average Bonchev–Trinajstić information content (AvgIpc) is 3.06. The summed E-state index contributed by atoms with van der Waals surface area (Å²) in [6, 6.07) is 19.0. The molecule has 6 nitrogen and oxygen atoms in total. The Balaban J connectivity index is 1.32. The molecular weight excluding hydrogens is 407 g/mol. The molecule has 1 saturated heterocycles. The second-order valence-electron chi connectivity index (χ2n) is 7.94. The van der Waals surface area contributed by atoms with Crippen molar-refractivity contribution in [3.63, 3.8) is 0 Å². The van der Waals surface area contributed by atoms with Crippen molar-refractivity contribution < 1.29 is 14.3 Å². The monoisotopic (exact) mass is 434 g/mol. The number of carbonyl (C=O) groups excluding carboxylic acids is 1. The minimum absolute atomic E-state index is 0.263. The lowest BCUT2D eigenvalue weighted by molar-refractivity contribution is 0.102. The van der Waals surface area contributed by atoms with Crippen molar-refractivity contribution >= 4 is 17.4 Å². The minimum atomic E-state index is -0.498. The van der Waals surface area contributed by atoms with Crippen LogP contribution in [0.25, 0.3) is 0 Å². The van der Waals surface area contributed by atoms with E-state index in [0.29, 0.717) is 12.2 Å². The van der Waals surface area contributed by atoms with E-state index in [2.05, 4.69) is 20.1 Å². The lowest BCUT2D eigenvalue weighted by atomic mass is 10.1. The molecule has 2 heterocycles. The quantitative estimate of drug-likeness (QED) is 0.619. The van der Waals surface area contributed by atoms with Crippen LogP contribution in [0.1, 0.15) is 28.4 Å². The van der Waals surface area contributed by atoms with Gasteiger partial charge in [-0.1, -0.05) is 36.4 Å². The van der Waals surface area contributed by atoms with Crippen molar-refractivity contribution in [3.8, 4) is 0 Å². The lowest BCUT2D eigenvalue weighted by Gasteiger charge is -2.24. The highest BCUT2D eigenvalue weighted by Gasteiger charge is 2.19. The van der Waals surface area contributed by atoms with E-state index < -0.39 is 11.9 Å². The van der Waals surface area contributed by atoms with Gasteiger partial charge in [0, 0.05) is 38.3 Å². The topological polar surface area (TPSA) is 68.7 Å². The van der Waals surface area contributed by atoms with Crippen molar-refractivity contribution in [2.75, 3.05) is 42.9 Å². The third-order valence-corrected chi connectivity index (χ3v) is 5.62. The van der Waals surface area contributed by atoms with E-state index in [1.54, 1.807) is 18.3 Å². The largest absolute Gasteiger partial charge is 0.387 e. The van der Waals surface area contributed by atoms with E-state index in [-0.39, 0.29) is 11.5 Å². The smallest absolute Gasteiger partial charge is 0.255 e. The molecule has 0 bridgehead atoms. The van der Waals surface area contributed by atoms with Crippen molar-refractivity contribution in [1.82, 2.24) is 9.88 Å². The number of aliphatic hydroxyl groups is 1. The van der Waals surface area contributed by atoms with E-state index in [9.17, 15) is 14.3 Å². The highest BCUT2D eigenvalue weighted by Crippen LogP contribution is 2.19. The molecule has 1 fully saturated rings. The van der Waals surface area contributed by atoms with Gasteiger partial charge >= 0.3 is 0 Å². The number of hydrogen-bond acceptors (Lipinski definition) is 5. The van der Waals surface area contributed by atoms with Crippen LogP contribution in [0, 0.1) is 5.82 Å². The molecule has 7 heteroatoms. The number of aliphatic hydroxyl groups excluding tert-OH is 1. The van der Waals surface area contributed by atoms with Crippen LogP contribution in [0.5, 0.6) is 0 Å². The zero-order valence-corrected chi connectivity index (χ0v) is 17.8. The SMILES string of the molecule is O=C(Nc1ccc(N2CCCN(CC(O)c3ccccc3)CC2)nc1)c1cccc(F)c1. The van der Waals surface area contributed by atoms with Gasteiger partial charge in [-0.05, 0) is 42.3 Å². The van der Waals surface area contributed by atoms with Crippen LogP contribution in [0.4, 0.5) is 15.9 Å². The first-order valence-corrected chi connectivity index (χ1v) is 10.8. The van der Waals surface area contributed by atoms with Crippen LogP contribution in [-0.4, -0.2) is 53.6 Å². The van der Waals surface area contributed by atoms with Gasteiger partial charge in [-0.2, -0.15) is 0 Å². The highest BCUT2D eigenvalue weighted by molar-refractivity contribution is 6.04. The maximum absolute atomic E-state index is 13.3. The third kappa shape index (κ3) is 5.69. The van der Waals surface area contributed by atoms with E-state index in [1.807, 2.05) is 36.4 Å². The highest BCUT2D eigenvalue weighted by atomic mass is 19.1. The molecule has 1 aromatic heterocycles. The van der Waals surface area contributed by atoms with Crippen LogP contribution >= 0.6 is 0 Å². The fourth-order valence-corrected chi connectivity index (χ4v) is 3.89. The molecule has 1 aliphatic heterocycles. The molecule has 1 aliphatic rings. The van der Waals surface area contributed by atoms with Crippen molar-refractivity contribution in [2.45, 2.75) is 12.5 Å². The molecule has 3 aromatic rings. The van der Waals surface area contributed by atoms with Crippen molar-refractivity contribution in [1.29, 1.82) is 0 Å². The number of aromatic nitrogens is 1. The van der Waals surface area contributed by atoms with Crippen LogP contribution in [-0.2, 0) is 0 Å². The predicted octanol–water partition coefficient (Wildman–Crippen LogP) is 3.72. The number of benzene rings is 2. The number of halogens is 1. The predicted molar refractivity (Wildman–Crippen MR) is 123 cm³/mol. The summed E-state index contributed by atoms with van der Waals surface area (Å²) < 4.78 is 13.3. The summed E-state index contributed by atoms with van der Waals surface area (Å²) in [6.45, 7) is 4.05. The number of rotatable bonds is 6. The molecule has 1 unspecified atom stereocenters. The number of nitrogens with zero attached hydrogens (tertiary/aromatic N) is 3. The summed E-state index contributed by atoms with van der Waals surface area (Å²) in [7, 11) is 0. The van der Waals surface area contributed by atoms with E-state index in [4.69, 9.17) is 0 Å². The molecule has 0 radical (unpaired) electrons. The van der Waals surface area contributed by atoms with Gasteiger partial charge < -0.3 is 15.3 Å². The molecule has 0 saturated carbocycles. The first-order chi connectivity index (χ1) is 15.6. The van der Waals surface area contributed by atoms with E-state index >= 15 is 0 Å². The second-order valence-corrected chi connectivity index (χ2v) is 7.94. The van der Waals surface area contributed by atoms with Gasteiger partial charge in [0.1, 0.15) is 11.6 Å². The number of amides is 1. The summed E-state index contributed by atoms with van der Waals surface area (Å²) in [5, 5.41) is 13.3. The number of carbonyl (C=O) groups is 1. The van der Waals surface area contributed by atoms with Crippen molar-refractivity contribution in [3.05, 3.63) is 89.9 Å². The average molecular weight is 435 g/mol. The second kappa shape index (κ2) is 10.3. The third-order valence-electron chi connectivity index (χ3n) is 5.62. The fourth-order valence-electron chi connectivity index (χ4n) is 3.89. The number of nitrogens with one attached hydrogen (secondary N) is 1. The van der Waals surface area contributed by atoms with Gasteiger partial charge in [-0.25, -0.2) is 9.37 Å². The van der Waals surface area contributed by atoms with Crippen LogP contribution in [0.15, 0.2) is 72.9 Å². The van der Waals surface area contributed by atoms with E-state index in [0.717, 1.165) is 44.0 Å². The zero-order chi connectivity index (χ0) is 22.3. The van der Waals surface area contributed by atoms with Gasteiger partial charge in [-0.3, -0.25) is 9.69 Å². The van der Waals surface area contributed by atoms with Crippen LogP contribution < -0.4 is 10.2 Å². The molecule has 0 spiro atoms. The molecular formula is C25H27FN4O2. The summed E-state index contributed by atoms with van der Waals surface area (Å²) in [5.41, 5.74) is 1.76. The standard InChI is InChI=1S/C25H27FN4O2/c26-21-9-4-8-20(16-21)25(32)28-22-10-11-24(27-17-22)30-13-5-12-29(14-15-30)18-23(31)19-6-2-1-3-7-19/h1-4,6-11,16-17,23,31H,5,12-15,18H2,(H,28,32). The maximum Gasteiger partial charge on any atom is 0.255 e. The Morgan fingerprint density at radius 3 is 2.62 bits per heavy atom. The molecule has 2 N–H and O–H groups in total. The summed E-state index contributed by atoms with van der Waals surface area (Å²) in [4.78, 5) is 21.3. The molecule has 4 rings (SSSR count). The summed E-state index contributed by atoms with van der Waals surface area (Å²) >= 11 is 0. The van der Waals surface area contributed by atoms with Crippen LogP contribution in [0.3, 0.4) is 0 Å². The Morgan fingerprint density at radius 1 is 1.03 bits per heavy atom. The minimum Gasteiger partial charge on any atom is -0.387 e. The zero-order valence-electron chi connectivity index (χ0n) is 17.8. The van der Waals surface area contributed by atoms with Gasteiger partial charge in [0.15, 0.2) is 0 Å². The number of anilines is 2. The number of pyridine rings is 1. The van der Waals surface area contributed by atoms with Crippen molar-refractivity contribution in [2.24, 2.45) is 0 Å². The first kappa shape index (κ1) is 21.9. The molecule has 32 heavy (non-hydrogen) atoms. The first-order valence-electron chi connectivity index (χ1n) is 10.8. The lowest BCUT2D eigenvalue weighted by Crippen LogP contribution is -2.33. The maximum atomic E-state index is 13.3.